The number of ether oxygens (including phenoxy) is 1. The fourth-order valence-electron chi connectivity index (χ4n) is 4.24. The van der Waals surface area contributed by atoms with E-state index in [0.29, 0.717) is 17.2 Å². The van der Waals surface area contributed by atoms with Gasteiger partial charge in [0.05, 0.1) is 11.5 Å². The van der Waals surface area contributed by atoms with Crippen molar-refractivity contribution in [2.45, 2.75) is 71.6 Å². The van der Waals surface area contributed by atoms with Crippen LogP contribution in [0.2, 0.25) is 0 Å². The third-order valence-corrected chi connectivity index (χ3v) is 6.31. The Kier molecular flexibility index (Phi) is 7.69. The summed E-state index contributed by atoms with van der Waals surface area (Å²) in [7, 11) is 0. The number of esters is 1. The number of nitriles is 1. The van der Waals surface area contributed by atoms with Gasteiger partial charge in [0.1, 0.15) is 11.8 Å². The van der Waals surface area contributed by atoms with Crippen LogP contribution in [-0.4, -0.2) is 5.97 Å². The van der Waals surface area contributed by atoms with Crippen molar-refractivity contribution in [2.24, 2.45) is 11.8 Å². The number of aryl methyl sites for hydroxylation is 2. The highest BCUT2D eigenvalue weighted by molar-refractivity contribution is 5.76. The van der Waals surface area contributed by atoms with Crippen LogP contribution in [0.3, 0.4) is 0 Å². The minimum Gasteiger partial charge on any atom is -0.425 e. The average molecular weight is 404 g/mol. The van der Waals surface area contributed by atoms with Gasteiger partial charge in [-0.15, -0.1) is 0 Å². The summed E-state index contributed by atoms with van der Waals surface area (Å²) in [5.74, 6) is 1.36. The van der Waals surface area contributed by atoms with Gasteiger partial charge in [0, 0.05) is 0 Å². The zero-order valence-electron chi connectivity index (χ0n) is 18.5. The highest BCUT2D eigenvalue weighted by Gasteiger charge is 2.29. The molecule has 0 atom stereocenters. The van der Waals surface area contributed by atoms with Gasteiger partial charge < -0.3 is 4.74 Å². The van der Waals surface area contributed by atoms with Crippen LogP contribution in [0.25, 0.3) is 0 Å². The highest BCUT2D eigenvalue weighted by atomic mass is 16.5. The molecule has 0 heterocycles. The summed E-state index contributed by atoms with van der Waals surface area (Å²) in [6.07, 6.45) is 6.91. The van der Waals surface area contributed by atoms with E-state index in [1.165, 1.54) is 17.5 Å². The number of benzene rings is 2. The highest BCUT2D eigenvalue weighted by Crippen LogP contribution is 2.37. The van der Waals surface area contributed by atoms with Crippen molar-refractivity contribution >= 4 is 5.97 Å². The third kappa shape index (κ3) is 5.72. The molecule has 1 aliphatic rings. The van der Waals surface area contributed by atoms with Crippen molar-refractivity contribution in [1.82, 2.24) is 0 Å². The second kappa shape index (κ2) is 10.4. The van der Waals surface area contributed by atoms with E-state index in [0.717, 1.165) is 50.0 Å². The smallest absolute Gasteiger partial charge is 0.314 e. The Morgan fingerprint density at radius 2 is 1.73 bits per heavy atom. The van der Waals surface area contributed by atoms with Crippen LogP contribution in [0.15, 0.2) is 42.5 Å². The molecule has 0 saturated heterocycles. The standard InChI is InChI=1S/C27H33NO2/c1-4-20-9-16-26(25(17-20)18-28)30-27(29)24-14-12-23(13-15-24)22-10-7-21(8-11-22)6-5-19(2)3/h7-11,16-17,19,23-24H,4-6,12-15H2,1-3H3. The van der Waals surface area contributed by atoms with Gasteiger partial charge in [-0.25, -0.2) is 0 Å². The number of carbonyl (C=O) groups is 1. The van der Waals surface area contributed by atoms with Gasteiger partial charge in [-0.1, -0.05) is 51.1 Å². The number of rotatable bonds is 7. The molecular formula is C27H33NO2. The molecular weight excluding hydrogens is 370 g/mol. The Balaban J connectivity index is 1.54. The molecule has 0 spiro atoms. The van der Waals surface area contributed by atoms with Gasteiger partial charge >= 0.3 is 5.97 Å². The zero-order chi connectivity index (χ0) is 21.5. The largest absolute Gasteiger partial charge is 0.425 e. The van der Waals surface area contributed by atoms with Crippen molar-refractivity contribution in [3.05, 3.63) is 64.7 Å². The van der Waals surface area contributed by atoms with Gasteiger partial charge in [0.15, 0.2) is 0 Å². The van der Waals surface area contributed by atoms with Crippen molar-refractivity contribution in [3.63, 3.8) is 0 Å². The fourth-order valence-corrected chi connectivity index (χ4v) is 4.24. The second-order valence-corrected chi connectivity index (χ2v) is 8.94. The molecule has 1 fully saturated rings. The lowest BCUT2D eigenvalue weighted by Gasteiger charge is -2.27. The normalized spacial score (nSPS) is 18.8. The van der Waals surface area contributed by atoms with Crippen LogP contribution in [0.4, 0.5) is 0 Å². The first-order chi connectivity index (χ1) is 14.5. The fraction of sp³-hybridized carbons (Fsp3) is 0.481. The summed E-state index contributed by atoms with van der Waals surface area (Å²) in [4.78, 5) is 12.7. The van der Waals surface area contributed by atoms with Crippen LogP contribution in [-0.2, 0) is 17.6 Å². The van der Waals surface area contributed by atoms with Gasteiger partial charge in [0.25, 0.3) is 0 Å². The van der Waals surface area contributed by atoms with Crippen LogP contribution in [0, 0.1) is 23.2 Å². The van der Waals surface area contributed by atoms with E-state index in [4.69, 9.17) is 4.74 Å². The predicted molar refractivity (Wildman–Crippen MR) is 120 cm³/mol. The third-order valence-electron chi connectivity index (χ3n) is 6.31. The van der Waals surface area contributed by atoms with Crippen molar-refractivity contribution in [2.75, 3.05) is 0 Å². The molecule has 3 heteroatoms. The van der Waals surface area contributed by atoms with Gasteiger partial charge in [-0.2, -0.15) is 5.26 Å². The molecule has 0 unspecified atom stereocenters. The van der Waals surface area contributed by atoms with Crippen molar-refractivity contribution in [3.8, 4) is 11.8 Å². The molecule has 2 aromatic carbocycles. The maximum absolute atomic E-state index is 12.7. The van der Waals surface area contributed by atoms with Gasteiger partial charge in [-0.05, 0) is 85.6 Å². The molecule has 3 rings (SSSR count). The molecule has 0 amide bonds. The number of carbonyl (C=O) groups excluding carboxylic acids is 1. The maximum Gasteiger partial charge on any atom is 0.314 e. The summed E-state index contributed by atoms with van der Waals surface area (Å²) in [5, 5.41) is 9.36. The predicted octanol–water partition coefficient (Wildman–Crippen LogP) is 6.59. The minimum atomic E-state index is -0.196. The molecule has 0 aromatic heterocycles. The molecule has 0 N–H and O–H groups in total. The summed E-state index contributed by atoms with van der Waals surface area (Å²) in [6.45, 7) is 6.57. The first kappa shape index (κ1) is 22.1. The number of hydrogen-bond acceptors (Lipinski definition) is 3. The van der Waals surface area contributed by atoms with Crippen molar-refractivity contribution < 1.29 is 9.53 Å². The molecule has 158 valence electrons. The van der Waals surface area contributed by atoms with Crippen molar-refractivity contribution in [1.29, 1.82) is 5.26 Å². The lowest BCUT2D eigenvalue weighted by Crippen LogP contribution is -2.25. The van der Waals surface area contributed by atoms with E-state index in [2.05, 4.69) is 44.2 Å². The molecule has 0 radical (unpaired) electrons. The van der Waals surface area contributed by atoms with Crippen LogP contribution < -0.4 is 4.74 Å². The molecule has 1 saturated carbocycles. The Bertz CT molecular complexity index is 884. The Morgan fingerprint density at radius 3 is 2.33 bits per heavy atom. The van der Waals surface area contributed by atoms with E-state index < -0.39 is 0 Å². The van der Waals surface area contributed by atoms with Gasteiger partial charge in [0.2, 0.25) is 0 Å². The Labute approximate surface area is 181 Å². The summed E-state index contributed by atoms with van der Waals surface area (Å²) >= 11 is 0. The second-order valence-electron chi connectivity index (χ2n) is 8.94. The molecule has 0 aliphatic heterocycles. The maximum atomic E-state index is 12.7. The van der Waals surface area contributed by atoms with E-state index in [9.17, 15) is 10.1 Å². The number of hydrogen-bond donors (Lipinski definition) is 0. The van der Waals surface area contributed by atoms with E-state index in [1.54, 1.807) is 6.07 Å². The minimum absolute atomic E-state index is 0.0797. The van der Waals surface area contributed by atoms with E-state index >= 15 is 0 Å². The van der Waals surface area contributed by atoms with Crippen LogP contribution >= 0.6 is 0 Å². The Morgan fingerprint density at radius 1 is 1.07 bits per heavy atom. The van der Waals surface area contributed by atoms with Gasteiger partial charge in [-0.3, -0.25) is 4.79 Å². The van der Waals surface area contributed by atoms with Crippen LogP contribution in [0.1, 0.15) is 81.0 Å². The molecule has 30 heavy (non-hydrogen) atoms. The zero-order valence-corrected chi connectivity index (χ0v) is 18.5. The SMILES string of the molecule is CCc1ccc(OC(=O)C2CCC(c3ccc(CCC(C)C)cc3)CC2)c(C#N)c1. The molecule has 2 aromatic rings. The summed E-state index contributed by atoms with van der Waals surface area (Å²) in [5.41, 5.74) is 4.31. The summed E-state index contributed by atoms with van der Waals surface area (Å²) in [6, 6.07) is 16.7. The monoisotopic (exact) mass is 403 g/mol. The first-order valence-electron chi connectivity index (χ1n) is 11.3. The lowest BCUT2D eigenvalue weighted by atomic mass is 9.78. The van der Waals surface area contributed by atoms with Crippen LogP contribution in [0.5, 0.6) is 5.75 Å². The Hall–Kier alpha value is -2.60. The first-order valence-corrected chi connectivity index (χ1v) is 11.3. The topological polar surface area (TPSA) is 50.1 Å². The summed E-state index contributed by atoms with van der Waals surface area (Å²) < 4.78 is 5.62. The molecule has 3 nitrogen and oxygen atoms in total. The van der Waals surface area contributed by atoms with E-state index in [-0.39, 0.29) is 11.9 Å². The average Bonchev–Trinajstić information content (AvgIpc) is 2.78. The number of nitrogens with zero attached hydrogens (tertiary/aromatic N) is 1. The van der Waals surface area contributed by atoms with E-state index in [1.807, 2.05) is 19.1 Å². The molecule has 1 aliphatic carbocycles. The molecule has 0 bridgehead atoms. The quantitative estimate of drug-likeness (QED) is 0.387. The lowest BCUT2D eigenvalue weighted by molar-refractivity contribution is -0.140.